The van der Waals surface area contributed by atoms with Crippen LogP contribution in [0.1, 0.15) is 17.5 Å². The lowest BCUT2D eigenvalue weighted by Gasteiger charge is -2.32. The molecule has 5 nitrogen and oxygen atoms in total. The normalized spacial score (nSPS) is 19.5. The molecule has 2 aromatic carbocycles. The number of hydrazone groups is 1. The fraction of sp³-hybridized carbons (Fsp3) is 0.263. The molecule has 0 spiro atoms. The molecular formula is C19H16BrF3N2O3. The summed E-state index contributed by atoms with van der Waals surface area (Å²) >= 11 is 3.24. The number of ether oxygens (including phenoxy) is 1. The van der Waals surface area contributed by atoms with Crippen LogP contribution in [0.4, 0.5) is 13.2 Å². The van der Waals surface area contributed by atoms with Crippen molar-refractivity contribution >= 4 is 27.5 Å². The lowest BCUT2D eigenvalue weighted by molar-refractivity contribution is -0.302. The smallest absolute Gasteiger partial charge is 0.438 e. The van der Waals surface area contributed by atoms with Gasteiger partial charge in [-0.15, -0.1) is 0 Å². The summed E-state index contributed by atoms with van der Waals surface area (Å²) in [6, 6.07) is 13.2. The summed E-state index contributed by atoms with van der Waals surface area (Å²) in [7, 11) is 0. The second-order valence-corrected chi connectivity index (χ2v) is 7.22. The summed E-state index contributed by atoms with van der Waals surface area (Å²) in [6.07, 6.45) is -5.96. The van der Waals surface area contributed by atoms with Gasteiger partial charge in [0.15, 0.2) is 6.61 Å². The summed E-state index contributed by atoms with van der Waals surface area (Å²) in [5.41, 5.74) is -2.37. The predicted octanol–water partition coefficient (Wildman–Crippen LogP) is 4.02. The zero-order valence-corrected chi connectivity index (χ0v) is 16.3. The van der Waals surface area contributed by atoms with Gasteiger partial charge in [-0.3, -0.25) is 4.79 Å². The largest absolute Gasteiger partial charge is 0.483 e. The third kappa shape index (κ3) is 3.90. The third-order valence-corrected chi connectivity index (χ3v) is 4.83. The van der Waals surface area contributed by atoms with Gasteiger partial charge in [0.25, 0.3) is 11.6 Å². The number of nitrogens with zero attached hydrogens (tertiary/aromatic N) is 2. The van der Waals surface area contributed by atoms with Crippen LogP contribution in [0.15, 0.2) is 58.1 Å². The van der Waals surface area contributed by atoms with E-state index in [1.54, 1.807) is 55.5 Å². The lowest BCUT2D eigenvalue weighted by atomic mass is 10.0. The number of para-hydroxylation sites is 1. The number of aliphatic hydroxyl groups is 1. The highest BCUT2D eigenvalue weighted by molar-refractivity contribution is 9.10. The van der Waals surface area contributed by atoms with Gasteiger partial charge >= 0.3 is 6.18 Å². The summed E-state index contributed by atoms with van der Waals surface area (Å²) in [5.74, 6) is -0.738. The molecule has 0 unspecified atom stereocenters. The van der Waals surface area contributed by atoms with E-state index in [0.29, 0.717) is 11.3 Å². The van der Waals surface area contributed by atoms with Crippen LogP contribution < -0.4 is 4.74 Å². The molecule has 0 aromatic heterocycles. The van der Waals surface area contributed by atoms with Crippen molar-refractivity contribution in [2.75, 3.05) is 6.61 Å². The molecule has 9 heteroatoms. The number of carbonyl (C=O) groups excluding carboxylic acids is 1. The molecule has 28 heavy (non-hydrogen) atoms. The Kier molecular flexibility index (Phi) is 5.49. The van der Waals surface area contributed by atoms with E-state index < -0.39 is 30.8 Å². The van der Waals surface area contributed by atoms with Gasteiger partial charge in [0, 0.05) is 4.47 Å². The van der Waals surface area contributed by atoms with E-state index in [1.165, 1.54) is 0 Å². The first-order valence-electron chi connectivity index (χ1n) is 8.26. The van der Waals surface area contributed by atoms with Gasteiger partial charge in [0.05, 0.1) is 12.1 Å². The number of hydrogen-bond donors (Lipinski definition) is 1. The SMILES string of the molecule is Cc1ccccc1OCC(=O)N1N=C(c2ccc(Br)cc2)C[C@@]1(O)C(F)(F)F. The minimum atomic E-state index is -5.09. The molecule has 0 bridgehead atoms. The molecule has 2 aromatic rings. The van der Waals surface area contributed by atoms with Crippen molar-refractivity contribution in [1.82, 2.24) is 5.01 Å². The van der Waals surface area contributed by atoms with Crippen molar-refractivity contribution in [3.8, 4) is 5.75 Å². The van der Waals surface area contributed by atoms with Gasteiger partial charge in [0.2, 0.25) is 0 Å². The number of aryl methyl sites for hydroxylation is 1. The molecule has 0 aliphatic carbocycles. The summed E-state index contributed by atoms with van der Waals surface area (Å²) in [5, 5.41) is 14.1. The molecule has 1 atom stereocenters. The monoisotopic (exact) mass is 456 g/mol. The van der Waals surface area contributed by atoms with Crippen molar-refractivity contribution in [3.05, 3.63) is 64.1 Å². The molecule has 1 amide bonds. The maximum absolute atomic E-state index is 13.6. The van der Waals surface area contributed by atoms with E-state index in [-0.39, 0.29) is 10.7 Å². The lowest BCUT2D eigenvalue weighted by Crippen LogP contribution is -2.57. The number of carbonyl (C=O) groups is 1. The Morgan fingerprint density at radius 3 is 2.50 bits per heavy atom. The van der Waals surface area contributed by atoms with E-state index in [1.807, 2.05) is 0 Å². The van der Waals surface area contributed by atoms with Crippen LogP contribution >= 0.6 is 15.9 Å². The highest BCUT2D eigenvalue weighted by Gasteiger charge is 2.63. The van der Waals surface area contributed by atoms with Crippen LogP contribution in [0, 0.1) is 6.92 Å². The molecule has 3 rings (SSSR count). The maximum atomic E-state index is 13.6. The third-order valence-electron chi connectivity index (χ3n) is 4.30. The number of benzene rings is 2. The number of alkyl halides is 3. The standard InChI is InChI=1S/C19H16BrF3N2O3/c1-12-4-2-3-5-16(12)28-11-17(26)25-18(27,19(21,22)23)10-15(24-25)13-6-8-14(20)9-7-13/h2-9,27H,10-11H2,1H3/t18-/m1/s1. The Morgan fingerprint density at radius 2 is 1.89 bits per heavy atom. The summed E-state index contributed by atoms with van der Waals surface area (Å²) in [6.45, 7) is 1.05. The van der Waals surface area contributed by atoms with Gasteiger partial charge in [0.1, 0.15) is 5.75 Å². The van der Waals surface area contributed by atoms with E-state index in [4.69, 9.17) is 4.74 Å². The van der Waals surface area contributed by atoms with Crippen LogP contribution in [0.5, 0.6) is 5.75 Å². The molecule has 1 N–H and O–H groups in total. The minimum absolute atomic E-state index is 0.0448. The summed E-state index contributed by atoms with van der Waals surface area (Å²) in [4.78, 5) is 12.4. The first-order valence-corrected chi connectivity index (χ1v) is 9.05. The van der Waals surface area contributed by atoms with E-state index in [9.17, 15) is 23.1 Å². The van der Waals surface area contributed by atoms with E-state index in [0.717, 1.165) is 10.0 Å². The zero-order valence-electron chi connectivity index (χ0n) is 14.7. The van der Waals surface area contributed by atoms with E-state index in [2.05, 4.69) is 21.0 Å². The number of rotatable bonds is 4. The number of hydrogen-bond acceptors (Lipinski definition) is 4. The molecular weight excluding hydrogens is 441 g/mol. The van der Waals surface area contributed by atoms with Gasteiger partial charge in [-0.2, -0.15) is 23.3 Å². The molecule has 148 valence electrons. The Balaban J connectivity index is 1.86. The van der Waals surface area contributed by atoms with Crippen LogP contribution in [0.3, 0.4) is 0 Å². The van der Waals surface area contributed by atoms with Gasteiger partial charge in [-0.25, -0.2) is 0 Å². The van der Waals surface area contributed by atoms with Crippen molar-refractivity contribution < 1.29 is 27.8 Å². The Bertz CT molecular complexity index is 915. The van der Waals surface area contributed by atoms with Crippen LogP contribution in [0.2, 0.25) is 0 Å². The maximum Gasteiger partial charge on any atom is 0.438 e. The van der Waals surface area contributed by atoms with Crippen molar-refractivity contribution in [2.24, 2.45) is 5.10 Å². The van der Waals surface area contributed by atoms with Crippen LogP contribution in [-0.2, 0) is 4.79 Å². The highest BCUT2D eigenvalue weighted by Crippen LogP contribution is 2.41. The van der Waals surface area contributed by atoms with E-state index >= 15 is 0 Å². The van der Waals surface area contributed by atoms with Crippen molar-refractivity contribution in [1.29, 1.82) is 0 Å². The molecule has 1 heterocycles. The molecule has 1 aliphatic heterocycles. The van der Waals surface area contributed by atoms with Crippen LogP contribution in [-0.4, -0.2) is 40.2 Å². The molecule has 0 radical (unpaired) electrons. The topological polar surface area (TPSA) is 62.1 Å². The Hall–Kier alpha value is -2.39. The number of amides is 1. The Morgan fingerprint density at radius 1 is 1.25 bits per heavy atom. The van der Waals surface area contributed by atoms with Crippen molar-refractivity contribution in [3.63, 3.8) is 0 Å². The van der Waals surface area contributed by atoms with Gasteiger partial charge < -0.3 is 9.84 Å². The summed E-state index contributed by atoms with van der Waals surface area (Å²) < 4.78 is 46.8. The Labute approximate surface area is 167 Å². The first-order chi connectivity index (χ1) is 13.1. The number of halogens is 4. The average molecular weight is 457 g/mol. The van der Waals surface area contributed by atoms with Crippen molar-refractivity contribution in [2.45, 2.75) is 25.2 Å². The fourth-order valence-electron chi connectivity index (χ4n) is 2.75. The minimum Gasteiger partial charge on any atom is -0.483 e. The first kappa shape index (κ1) is 20.3. The quantitative estimate of drug-likeness (QED) is 0.755. The molecule has 1 aliphatic rings. The van der Waals surface area contributed by atoms with Gasteiger partial charge in [-0.05, 0) is 36.2 Å². The van der Waals surface area contributed by atoms with Gasteiger partial charge in [-0.1, -0.05) is 46.3 Å². The second-order valence-electron chi connectivity index (χ2n) is 6.30. The molecule has 0 fully saturated rings. The average Bonchev–Trinajstić information content (AvgIpc) is 3.00. The van der Waals surface area contributed by atoms with Crippen LogP contribution in [0.25, 0.3) is 0 Å². The zero-order chi connectivity index (χ0) is 20.5. The highest BCUT2D eigenvalue weighted by atomic mass is 79.9. The fourth-order valence-corrected chi connectivity index (χ4v) is 3.01. The second kappa shape index (κ2) is 7.56. The molecule has 0 saturated heterocycles. The molecule has 0 saturated carbocycles. The predicted molar refractivity (Wildman–Crippen MR) is 99.8 cm³/mol.